The van der Waals surface area contributed by atoms with Crippen molar-refractivity contribution in [1.29, 1.82) is 0 Å². The van der Waals surface area contributed by atoms with E-state index in [4.69, 9.17) is 5.11 Å². The Labute approximate surface area is 179 Å². The number of carbonyl (C=O) groups is 2. The quantitative estimate of drug-likeness (QED) is 0.761. The number of aliphatic hydroxyl groups excluding tert-OH is 1. The van der Waals surface area contributed by atoms with E-state index in [9.17, 15) is 18.8 Å². The number of halogens is 1. The lowest BCUT2D eigenvalue weighted by Crippen LogP contribution is -2.43. The minimum Gasteiger partial charge on any atom is -0.395 e. The van der Waals surface area contributed by atoms with E-state index in [0.29, 0.717) is 30.8 Å². The van der Waals surface area contributed by atoms with Crippen molar-refractivity contribution in [2.45, 2.75) is 38.6 Å². The van der Waals surface area contributed by atoms with Crippen molar-refractivity contribution in [3.63, 3.8) is 0 Å². The van der Waals surface area contributed by atoms with E-state index in [1.165, 1.54) is 28.8 Å². The van der Waals surface area contributed by atoms with Crippen LogP contribution in [0.3, 0.4) is 0 Å². The molecule has 1 saturated carbocycles. The highest BCUT2D eigenvalue weighted by atomic mass is 19.1. The van der Waals surface area contributed by atoms with Crippen LogP contribution in [0.5, 0.6) is 0 Å². The summed E-state index contributed by atoms with van der Waals surface area (Å²) >= 11 is 0. The number of fused-ring (bicyclic) bond motifs is 1. The Bertz CT molecular complexity index is 1040. The van der Waals surface area contributed by atoms with E-state index in [0.717, 1.165) is 31.2 Å². The van der Waals surface area contributed by atoms with Gasteiger partial charge in [0.1, 0.15) is 11.4 Å². The molecule has 2 aliphatic rings. The number of aromatic nitrogens is 1. The molecule has 164 valence electrons. The summed E-state index contributed by atoms with van der Waals surface area (Å²) in [5, 5.41) is 11.6. The van der Waals surface area contributed by atoms with Gasteiger partial charge in [-0.05, 0) is 54.7 Å². The molecule has 1 aromatic carbocycles. The average molecular weight is 427 g/mol. The number of aliphatic hydroxyl groups is 1. The molecule has 2 heterocycles. The average Bonchev–Trinajstić information content (AvgIpc) is 3.32. The Morgan fingerprint density at radius 1 is 1.16 bits per heavy atom. The number of rotatable bonds is 5. The van der Waals surface area contributed by atoms with Gasteiger partial charge in [0.05, 0.1) is 6.61 Å². The summed E-state index contributed by atoms with van der Waals surface area (Å²) in [6, 6.07) is 5.46. The van der Waals surface area contributed by atoms with E-state index in [1.54, 1.807) is 6.20 Å². The summed E-state index contributed by atoms with van der Waals surface area (Å²) < 4.78 is 14.7. The first kappa shape index (κ1) is 21.2. The molecule has 0 atom stereocenters. The van der Waals surface area contributed by atoms with Gasteiger partial charge < -0.3 is 15.3 Å². The number of amides is 2. The zero-order valence-electron chi connectivity index (χ0n) is 17.3. The highest BCUT2D eigenvalue weighted by molar-refractivity contribution is 5.96. The van der Waals surface area contributed by atoms with Crippen molar-refractivity contribution >= 4 is 11.8 Å². The van der Waals surface area contributed by atoms with Gasteiger partial charge in [-0.25, -0.2) is 4.39 Å². The van der Waals surface area contributed by atoms with Crippen LogP contribution in [-0.4, -0.2) is 46.1 Å². The van der Waals surface area contributed by atoms with Crippen LogP contribution < -0.4 is 10.9 Å². The van der Waals surface area contributed by atoms with Crippen LogP contribution in [0, 0.1) is 11.7 Å². The van der Waals surface area contributed by atoms with Gasteiger partial charge in [-0.15, -0.1) is 0 Å². The van der Waals surface area contributed by atoms with Crippen molar-refractivity contribution in [2.24, 2.45) is 5.92 Å². The molecule has 2 amide bonds. The second kappa shape index (κ2) is 9.01. The summed E-state index contributed by atoms with van der Waals surface area (Å²) in [7, 11) is 0. The molecule has 8 heteroatoms. The molecule has 31 heavy (non-hydrogen) atoms. The molecular formula is C23H26FN3O4. The smallest absolute Gasteiger partial charge is 0.268 e. The van der Waals surface area contributed by atoms with Gasteiger partial charge >= 0.3 is 0 Å². The van der Waals surface area contributed by atoms with Crippen LogP contribution in [0.4, 0.5) is 4.39 Å². The van der Waals surface area contributed by atoms with Crippen molar-refractivity contribution in [3.8, 4) is 5.69 Å². The van der Waals surface area contributed by atoms with E-state index in [-0.39, 0.29) is 30.5 Å². The van der Waals surface area contributed by atoms with Gasteiger partial charge in [0.15, 0.2) is 0 Å². The first-order valence-electron chi connectivity index (χ1n) is 10.7. The first-order valence-corrected chi connectivity index (χ1v) is 10.7. The maximum Gasteiger partial charge on any atom is 0.268 e. The van der Waals surface area contributed by atoms with E-state index >= 15 is 0 Å². The van der Waals surface area contributed by atoms with Crippen LogP contribution in [0.1, 0.15) is 47.2 Å². The summed E-state index contributed by atoms with van der Waals surface area (Å²) in [6.45, 7) is 0.580. The molecule has 1 aliphatic heterocycles. The highest BCUT2D eigenvalue weighted by Gasteiger charge is 2.32. The molecular weight excluding hydrogens is 401 g/mol. The van der Waals surface area contributed by atoms with Crippen molar-refractivity contribution in [2.75, 3.05) is 19.7 Å². The molecule has 0 unspecified atom stereocenters. The van der Waals surface area contributed by atoms with E-state index in [2.05, 4.69) is 5.32 Å². The summed E-state index contributed by atoms with van der Waals surface area (Å²) in [6.07, 6.45) is 6.02. The molecule has 4 rings (SSSR count). The largest absolute Gasteiger partial charge is 0.395 e. The minimum absolute atomic E-state index is 0.0169. The molecule has 7 nitrogen and oxygen atoms in total. The fourth-order valence-corrected chi connectivity index (χ4v) is 4.56. The maximum atomic E-state index is 13.4. The van der Waals surface area contributed by atoms with Crippen LogP contribution in [0.25, 0.3) is 5.69 Å². The SMILES string of the molecule is O=C(NCCO)c1c2c(cn(-c3ccc(F)cc3)c1=O)CN(C(=O)C1CCCC1)CC2. The molecule has 0 bridgehead atoms. The first-order chi connectivity index (χ1) is 15.0. The second-order valence-electron chi connectivity index (χ2n) is 8.13. The molecule has 1 fully saturated rings. The molecule has 2 aromatic rings. The molecule has 2 N–H and O–H groups in total. The van der Waals surface area contributed by atoms with Crippen molar-refractivity contribution in [1.82, 2.24) is 14.8 Å². The predicted molar refractivity (Wildman–Crippen MR) is 112 cm³/mol. The lowest BCUT2D eigenvalue weighted by Gasteiger charge is -2.32. The third-order valence-corrected chi connectivity index (χ3v) is 6.15. The zero-order valence-corrected chi connectivity index (χ0v) is 17.3. The maximum absolute atomic E-state index is 13.4. The van der Waals surface area contributed by atoms with Crippen LogP contribution >= 0.6 is 0 Å². The van der Waals surface area contributed by atoms with Crippen molar-refractivity contribution in [3.05, 3.63) is 63.3 Å². The lowest BCUT2D eigenvalue weighted by molar-refractivity contribution is -0.136. The standard InChI is InChI=1S/C23H26FN3O4/c24-17-5-7-18(8-6-17)27-14-16-13-26(22(30)15-3-1-2-4-15)11-9-19(16)20(23(27)31)21(29)25-10-12-28/h5-8,14-15,28H,1-4,9-13H2,(H,25,29). The Kier molecular flexibility index (Phi) is 6.18. The summed E-state index contributed by atoms with van der Waals surface area (Å²) in [4.78, 5) is 40.8. The predicted octanol–water partition coefficient (Wildman–Crippen LogP) is 1.77. The van der Waals surface area contributed by atoms with Gasteiger partial charge in [0, 0.05) is 37.4 Å². The molecule has 0 radical (unpaired) electrons. The van der Waals surface area contributed by atoms with Gasteiger partial charge in [-0.3, -0.25) is 19.0 Å². The molecule has 0 saturated heterocycles. The topological polar surface area (TPSA) is 91.6 Å². The number of nitrogens with one attached hydrogen (secondary N) is 1. The molecule has 0 spiro atoms. The third kappa shape index (κ3) is 4.25. The van der Waals surface area contributed by atoms with Crippen LogP contribution in [0.15, 0.2) is 35.3 Å². The Morgan fingerprint density at radius 3 is 2.55 bits per heavy atom. The van der Waals surface area contributed by atoms with Gasteiger partial charge in [0.25, 0.3) is 11.5 Å². The highest BCUT2D eigenvalue weighted by Crippen LogP contribution is 2.29. The molecule has 1 aliphatic carbocycles. The van der Waals surface area contributed by atoms with Crippen LogP contribution in [0.2, 0.25) is 0 Å². The third-order valence-electron chi connectivity index (χ3n) is 6.15. The number of hydrogen-bond acceptors (Lipinski definition) is 4. The van der Waals surface area contributed by atoms with Gasteiger partial charge in [-0.2, -0.15) is 0 Å². The number of pyridine rings is 1. The van der Waals surface area contributed by atoms with E-state index < -0.39 is 17.3 Å². The van der Waals surface area contributed by atoms with E-state index in [1.807, 2.05) is 4.90 Å². The van der Waals surface area contributed by atoms with Gasteiger partial charge in [0.2, 0.25) is 5.91 Å². The fraction of sp³-hybridized carbons (Fsp3) is 0.435. The van der Waals surface area contributed by atoms with Crippen molar-refractivity contribution < 1.29 is 19.1 Å². The normalized spacial score (nSPS) is 16.3. The summed E-state index contributed by atoms with van der Waals surface area (Å²) in [5.74, 6) is -0.794. The Balaban J connectivity index is 1.75. The van der Waals surface area contributed by atoms with Gasteiger partial charge in [-0.1, -0.05) is 12.8 Å². The number of carbonyl (C=O) groups excluding carboxylic acids is 2. The number of nitrogens with zero attached hydrogens (tertiary/aromatic N) is 2. The second-order valence-corrected chi connectivity index (χ2v) is 8.13. The fourth-order valence-electron chi connectivity index (χ4n) is 4.56. The number of benzene rings is 1. The minimum atomic E-state index is -0.553. The Hall–Kier alpha value is -3.00. The Morgan fingerprint density at radius 2 is 1.87 bits per heavy atom. The lowest BCUT2D eigenvalue weighted by atomic mass is 9.94. The van der Waals surface area contributed by atoms with Crippen LogP contribution in [-0.2, 0) is 17.8 Å². The monoisotopic (exact) mass is 427 g/mol. The molecule has 1 aromatic heterocycles. The summed E-state index contributed by atoms with van der Waals surface area (Å²) in [5.41, 5.74) is 1.31. The number of hydrogen-bond donors (Lipinski definition) is 2. The zero-order chi connectivity index (χ0) is 22.0.